The minimum Gasteiger partial charge on any atom is -0.436 e. The average molecular weight is 402 g/mol. The summed E-state index contributed by atoms with van der Waals surface area (Å²) in [5.41, 5.74) is 1.17. The molecule has 3 aromatic rings. The van der Waals surface area contributed by atoms with Crippen molar-refractivity contribution in [2.75, 3.05) is 6.54 Å². The predicted molar refractivity (Wildman–Crippen MR) is 97.3 cm³/mol. The zero-order valence-electron chi connectivity index (χ0n) is 14.8. The fourth-order valence-electron chi connectivity index (χ4n) is 3.66. The van der Waals surface area contributed by atoms with Crippen molar-refractivity contribution >= 4 is 17.2 Å². The summed E-state index contributed by atoms with van der Waals surface area (Å²) in [4.78, 5) is 26.4. The molecular formula is C17H15FN6O3S. The lowest BCUT2D eigenvalue weighted by Crippen LogP contribution is -2.43. The Balaban J connectivity index is 1.26. The van der Waals surface area contributed by atoms with Crippen LogP contribution in [0.25, 0.3) is 10.7 Å². The number of nitro groups is 1. The van der Waals surface area contributed by atoms with Crippen molar-refractivity contribution in [2.24, 2.45) is 0 Å². The molecular weight excluding hydrogens is 387 g/mol. The van der Waals surface area contributed by atoms with E-state index in [0.717, 1.165) is 22.1 Å². The third-order valence-electron chi connectivity index (χ3n) is 4.78. The van der Waals surface area contributed by atoms with Crippen molar-refractivity contribution in [3.63, 3.8) is 0 Å². The molecule has 0 aromatic carbocycles. The molecule has 9 nitrogen and oxygen atoms in total. The van der Waals surface area contributed by atoms with Gasteiger partial charge in [0.05, 0.1) is 24.1 Å². The maximum Gasteiger partial charge on any atom is 0.415 e. The van der Waals surface area contributed by atoms with Gasteiger partial charge in [-0.3, -0.25) is 14.5 Å². The van der Waals surface area contributed by atoms with Gasteiger partial charge >= 0.3 is 11.8 Å². The first kappa shape index (κ1) is 17.2. The summed E-state index contributed by atoms with van der Waals surface area (Å²) in [7, 11) is 0. The highest BCUT2D eigenvalue weighted by molar-refractivity contribution is 7.15. The van der Waals surface area contributed by atoms with Crippen LogP contribution >= 0.6 is 11.3 Å². The largest absolute Gasteiger partial charge is 0.436 e. The van der Waals surface area contributed by atoms with Crippen LogP contribution in [-0.4, -0.2) is 41.5 Å². The fourth-order valence-corrected chi connectivity index (χ4v) is 4.75. The number of hydrogen-bond acceptors (Lipinski definition) is 8. The Morgan fingerprint density at radius 2 is 2.25 bits per heavy atom. The molecule has 0 N–H and O–H groups in total. The maximum absolute atomic E-state index is 13.0. The number of thiazole rings is 1. The van der Waals surface area contributed by atoms with E-state index in [2.05, 4.69) is 19.9 Å². The lowest BCUT2D eigenvalue weighted by Gasteiger charge is -2.27. The van der Waals surface area contributed by atoms with Gasteiger partial charge in [-0.1, -0.05) is 0 Å². The highest BCUT2D eigenvalue weighted by Gasteiger charge is 2.42. The lowest BCUT2D eigenvalue weighted by atomic mass is 10.1. The molecule has 3 aromatic heterocycles. The second-order valence-corrected chi connectivity index (χ2v) is 8.30. The molecule has 11 heteroatoms. The zero-order valence-corrected chi connectivity index (χ0v) is 15.6. The molecule has 0 fully saturated rings. The number of pyridine rings is 1. The van der Waals surface area contributed by atoms with Gasteiger partial charge in [0.15, 0.2) is 0 Å². The van der Waals surface area contributed by atoms with Gasteiger partial charge in [-0.2, -0.15) is 0 Å². The molecule has 144 valence electrons. The smallest absolute Gasteiger partial charge is 0.415 e. The first-order valence-corrected chi connectivity index (χ1v) is 9.44. The van der Waals surface area contributed by atoms with Crippen LogP contribution in [0.3, 0.4) is 0 Å². The normalized spacial score (nSPS) is 20.8. The van der Waals surface area contributed by atoms with Gasteiger partial charge in [-0.25, -0.2) is 9.37 Å². The number of imidazole rings is 1. The quantitative estimate of drug-likeness (QED) is 0.488. The van der Waals surface area contributed by atoms with E-state index >= 15 is 0 Å². The van der Waals surface area contributed by atoms with E-state index < -0.39 is 10.5 Å². The van der Waals surface area contributed by atoms with Gasteiger partial charge in [-0.15, -0.1) is 11.3 Å². The molecule has 2 aliphatic heterocycles. The number of halogens is 1. The fraction of sp³-hybridized carbons (Fsp3) is 0.353. The highest BCUT2D eigenvalue weighted by Crippen LogP contribution is 2.36. The van der Waals surface area contributed by atoms with Gasteiger partial charge in [0.1, 0.15) is 22.6 Å². The second-order valence-electron chi connectivity index (χ2n) is 7.21. The molecule has 0 amide bonds. The monoisotopic (exact) mass is 402 g/mol. The summed E-state index contributed by atoms with van der Waals surface area (Å²) in [5.74, 6) is -0.569. The minimum atomic E-state index is -0.524. The van der Waals surface area contributed by atoms with Crippen molar-refractivity contribution in [1.82, 2.24) is 24.4 Å². The number of ether oxygens (including phenoxy) is 1. The third-order valence-corrected chi connectivity index (χ3v) is 5.89. The van der Waals surface area contributed by atoms with Crippen LogP contribution in [0.2, 0.25) is 0 Å². The van der Waals surface area contributed by atoms with Crippen LogP contribution in [0, 0.1) is 15.9 Å². The molecule has 0 bridgehead atoms. The van der Waals surface area contributed by atoms with E-state index in [9.17, 15) is 14.5 Å². The highest BCUT2D eigenvalue weighted by atomic mass is 32.1. The Bertz CT molecular complexity index is 1030. The Morgan fingerprint density at radius 1 is 1.39 bits per heavy atom. The van der Waals surface area contributed by atoms with Crippen LogP contribution < -0.4 is 4.74 Å². The molecule has 0 spiro atoms. The second kappa shape index (κ2) is 6.04. The van der Waals surface area contributed by atoms with Crippen molar-refractivity contribution in [3.8, 4) is 16.7 Å². The van der Waals surface area contributed by atoms with Crippen LogP contribution in [0.5, 0.6) is 6.01 Å². The van der Waals surface area contributed by atoms with Gasteiger partial charge in [0, 0.05) is 29.5 Å². The van der Waals surface area contributed by atoms with Gasteiger partial charge < -0.3 is 14.9 Å². The number of nitrogens with zero attached hydrogens (tertiary/aromatic N) is 6. The predicted octanol–water partition coefficient (Wildman–Crippen LogP) is 2.62. The van der Waals surface area contributed by atoms with E-state index in [4.69, 9.17) is 4.74 Å². The Kier molecular flexibility index (Phi) is 3.71. The molecule has 0 radical (unpaired) electrons. The van der Waals surface area contributed by atoms with E-state index in [1.54, 1.807) is 22.0 Å². The van der Waals surface area contributed by atoms with Gasteiger partial charge in [-0.05, 0) is 24.0 Å². The SMILES string of the molecule is C[C@]1(CN2Cc3nc(-c4ccc(F)cn4)sc3C2)Cn2cc([N+](=O)[O-])nc2O1. The van der Waals surface area contributed by atoms with E-state index in [1.807, 2.05) is 6.92 Å². The first-order valence-electron chi connectivity index (χ1n) is 8.62. The number of hydrogen-bond donors (Lipinski definition) is 0. The summed E-state index contributed by atoms with van der Waals surface area (Å²) in [5, 5.41) is 11.6. The number of fused-ring (bicyclic) bond motifs is 2. The molecule has 2 aliphatic rings. The average Bonchev–Trinajstić information content (AvgIpc) is 3.33. The minimum absolute atomic E-state index is 0.202. The van der Waals surface area contributed by atoms with Crippen molar-refractivity contribution < 1.29 is 14.1 Å². The molecule has 0 saturated heterocycles. The van der Waals surface area contributed by atoms with E-state index in [0.29, 0.717) is 25.3 Å². The molecule has 1 atom stereocenters. The molecule has 28 heavy (non-hydrogen) atoms. The lowest BCUT2D eigenvalue weighted by molar-refractivity contribution is -0.389. The summed E-state index contributed by atoms with van der Waals surface area (Å²) < 4.78 is 20.6. The Morgan fingerprint density at radius 3 is 2.93 bits per heavy atom. The number of aromatic nitrogens is 4. The summed E-state index contributed by atoms with van der Waals surface area (Å²) in [6, 6.07) is 3.30. The Hall–Kier alpha value is -2.92. The van der Waals surface area contributed by atoms with Crippen molar-refractivity contribution in [1.29, 1.82) is 0 Å². The van der Waals surface area contributed by atoms with Crippen LogP contribution in [0.15, 0.2) is 24.5 Å². The van der Waals surface area contributed by atoms with Crippen LogP contribution in [0.1, 0.15) is 17.5 Å². The third kappa shape index (κ3) is 2.92. The van der Waals surface area contributed by atoms with Gasteiger partial charge in [0.25, 0.3) is 0 Å². The topological polar surface area (TPSA) is 99.2 Å². The summed E-state index contributed by atoms with van der Waals surface area (Å²) in [6.07, 6.45) is 2.60. The zero-order chi connectivity index (χ0) is 19.5. The molecule has 0 unspecified atom stereocenters. The van der Waals surface area contributed by atoms with Crippen molar-refractivity contribution in [2.45, 2.75) is 32.2 Å². The van der Waals surface area contributed by atoms with Crippen molar-refractivity contribution in [3.05, 3.63) is 51.0 Å². The molecule has 0 saturated carbocycles. The maximum atomic E-state index is 13.0. The number of rotatable bonds is 4. The summed E-state index contributed by atoms with van der Waals surface area (Å²) >= 11 is 1.56. The Labute approximate surface area is 162 Å². The van der Waals surface area contributed by atoms with Crippen LogP contribution in [-0.2, 0) is 19.6 Å². The molecule has 0 aliphatic carbocycles. The van der Waals surface area contributed by atoms with Gasteiger partial charge in [0.2, 0.25) is 0 Å². The summed E-state index contributed by atoms with van der Waals surface area (Å²) in [6.45, 7) is 4.56. The molecule has 5 rings (SSSR count). The standard InChI is InChI=1S/C17H15FN6O3S/c1-17(9-23-7-14(24(25)26)21-16(23)27-17)8-22-5-12-13(6-22)28-15(20-12)11-3-2-10(18)4-19-11/h2-4,7H,5-6,8-9H2,1H3/t17-/m0/s1. The van der Waals surface area contributed by atoms with E-state index in [-0.39, 0.29) is 17.6 Å². The first-order chi connectivity index (χ1) is 13.4. The molecule has 5 heterocycles. The van der Waals surface area contributed by atoms with Crippen LogP contribution in [0.4, 0.5) is 10.2 Å². The van der Waals surface area contributed by atoms with E-state index in [1.165, 1.54) is 18.5 Å².